The summed E-state index contributed by atoms with van der Waals surface area (Å²) in [4.78, 5) is 25.5. The molecule has 1 aliphatic heterocycles. The van der Waals surface area contributed by atoms with Crippen LogP contribution in [0.5, 0.6) is 0 Å². The van der Waals surface area contributed by atoms with Crippen LogP contribution in [0.3, 0.4) is 0 Å². The molecule has 5 heteroatoms. The number of benzene rings is 1. The van der Waals surface area contributed by atoms with E-state index in [4.69, 9.17) is 0 Å². The van der Waals surface area contributed by atoms with Gasteiger partial charge in [-0.3, -0.25) is 9.59 Å². The van der Waals surface area contributed by atoms with E-state index in [1.807, 2.05) is 36.1 Å². The number of hydrogen-bond donors (Lipinski definition) is 1. The van der Waals surface area contributed by atoms with Gasteiger partial charge in [-0.2, -0.15) is 0 Å². The summed E-state index contributed by atoms with van der Waals surface area (Å²) in [7, 11) is 0. The van der Waals surface area contributed by atoms with Gasteiger partial charge < -0.3 is 10.2 Å². The fourth-order valence-corrected chi connectivity index (χ4v) is 2.60. The molecule has 4 nitrogen and oxygen atoms in total. The molecule has 1 aromatic carbocycles. The van der Waals surface area contributed by atoms with Crippen molar-refractivity contribution in [3.63, 3.8) is 0 Å². The molecule has 0 atom stereocenters. The van der Waals surface area contributed by atoms with E-state index in [0.29, 0.717) is 25.1 Å². The molecule has 0 spiro atoms. The summed E-state index contributed by atoms with van der Waals surface area (Å²) in [6.45, 7) is 3.24. The molecule has 1 heterocycles. The standard InChI is InChI=1S/C15H19BrN2O2/c1-2-14(19)17-13-7-9-18(10-8-13)15(20)11-3-5-12(16)6-4-11/h3-6,13H,2,7-10H2,1H3,(H,17,19). The summed E-state index contributed by atoms with van der Waals surface area (Å²) in [5.74, 6) is 0.153. The molecule has 108 valence electrons. The number of halogens is 1. The topological polar surface area (TPSA) is 49.4 Å². The second-order valence-corrected chi connectivity index (χ2v) is 5.91. The quantitative estimate of drug-likeness (QED) is 0.920. The van der Waals surface area contributed by atoms with Crippen LogP contribution < -0.4 is 5.32 Å². The monoisotopic (exact) mass is 338 g/mol. The van der Waals surface area contributed by atoms with Crippen LogP contribution in [0.2, 0.25) is 0 Å². The Morgan fingerprint density at radius 2 is 1.85 bits per heavy atom. The Kier molecular flexibility index (Phi) is 5.17. The molecule has 0 saturated carbocycles. The van der Waals surface area contributed by atoms with Crippen LogP contribution in [0.15, 0.2) is 28.7 Å². The fourth-order valence-electron chi connectivity index (χ4n) is 2.33. The molecule has 1 N–H and O–H groups in total. The summed E-state index contributed by atoms with van der Waals surface area (Å²) in [5, 5.41) is 2.99. The number of carbonyl (C=O) groups is 2. The fraction of sp³-hybridized carbons (Fsp3) is 0.467. The summed E-state index contributed by atoms with van der Waals surface area (Å²) < 4.78 is 0.968. The van der Waals surface area contributed by atoms with Gasteiger partial charge in [-0.05, 0) is 37.1 Å². The molecule has 1 fully saturated rings. The number of piperidine rings is 1. The molecule has 1 aromatic rings. The van der Waals surface area contributed by atoms with Gasteiger partial charge in [0, 0.05) is 35.6 Å². The highest BCUT2D eigenvalue weighted by atomic mass is 79.9. The predicted molar refractivity (Wildman–Crippen MR) is 81.5 cm³/mol. The van der Waals surface area contributed by atoms with Gasteiger partial charge in [0.05, 0.1) is 0 Å². The molecule has 2 amide bonds. The maximum Gasteiger partial charge on any atom is 0.253 e. The first-order valence-corrected chi connectivity index (χ1v) is 7.73. The predicted octanol–water partition coefficient (Wildman–Crippen LogP) is 2.58. The van der Waals surface area contributed by atoms with Crippen molar-refractivity contribution in [2.24, 2.45) is 0 Å². The van der Waals surface area contributed by atoms with E-state index in [1.165, 1.54) is 0 Å². The van der Waals surface area contributed by atoms with Gasteiger partial charge in [0.25, 0.3) is 5.91 Å². The van der Waals surface area contributed by atoms with Crippen LogP contribution in [0.4, 0.5) is 0 Å². The Balaban J connectivity index is 1.88. The van der Waals surface area contributed by atoms with Crippen LogP contribution in [0.25, 0.3) is 0 Å². The van der Waals surface area contributed by atoms with Crippen molar-refractivity contribution in [3.8, 4) is 0 Å². The molecular weight excluding hydrogens is 320 g/mol. The van der Waals surface area contributed by atoms with Crippen LogP contribution in [-0.4, -0.2) is 35.8 Å². The van der Waals surface area contributed by atoms with Crippen molar-refractivity contribution < 1.29 is 9.59 Å². The lowest BCUT2D eigenvalue weighted by Crippen LogP contribution is -2.46. The molecule has 20 heavy (non-hydrogen) atoms. The third-order valence-electron chi connectivity index (χ3n) is 3.56. The SMILES string of the molecule is CCC(=O)NC1CCN(C(=O)c2ccc(Br)cc2)CC1. The Bertz CT molecular complexity index is 479. The summed E-state index contributed by atoms with van der Waals surface area (Å²) in [6, 6.07) is 7.62. The zero-order valence-electron chi connectivity index (χ0n) is 11.6. The van der Waals surface area contributed by atoms with Gasteiger partial charge in [-0.1, -0.05) is 22.9 Å². The molecule has 1 aliphatic rings. The number of hydrogen-bond acceptors (Lipinski definition) is 2. The van der Waals surface area contributed by atoms with Crippen molar-refractivity contribution in [2.75, 3.05) is 13.1 Å². The lowest BCUT2D eigenvalue weighted by atomic mass is 10.0. The molecule has 0 aliphatic carbocycles. The molecule has 0 radical (unpaired) electrons. The first kappa shape index (κ1) is 15.0. The van der Waals surface area contributed by atoms with Crippen molar-refractivity contribution >= 4 is 27.7 Å². The number of rotatable bonds is 3. The highest BCUT2D eigenvalue weighted by Crippen LogP contribution is 2.16. The van der Waals surface area contributed by atoms with Crippen molar-refractivity contribution in [3.05, 3.63) is 34.3 Å². The van der Waals surface area contributed by atoms with E-state index in [9.17, 15) is 9.59 Å². The normalized spacial score (nSPS) is 16.0. The number of amides is 2. The average molecular weight is 339 g/mol. The lowest BCUT2D eigenvalue weighted by Gasteiger charge is -2.32. The van der Waals surface area contributed by atoms with Gasteiger partial charge in [-0.25, -0.2) is 0 Å². The summed E-state index contributed by atoms with van der Waals surface area (Å²) >= 11 is 3.36. The van der Waals surface area contributed by atoms with E-state index in [2.05, 4.69) is 21.2 Å². The maximum absolute atomic E-state index is 12.3. The first-order chi connectivity index (χ1) is 9.60. The second kappa shape index (κ2) is 6.88. The number of carbonyl (C=O) groups excluding carboxylic acids is 2. The van der Waals surface area contributed by atoms with Gasteiger partial charge in [0.15, 0.2) is 0 Å². The van der Waals surface area contributed by atoms with Crippen molar-refractivity contribution in [2.45, 2.75) is 32.2 Å². The van der Waals surface area contributed by atoms with Gasteiger partial charge in [0.1, 0.15) is 0 Å². The molecule has 0 aromatic heterocycles. The van der Waals surface area contributed by atoms with Crippen molar-refractivity contribution in [1.82, 2.24) is 10.2 Å². The van der Waals surface area contributed by atoms with E-state index in [-0.39, 0.29) is 17.9 Å². The number of likely N-dealkylation sites (tertiary alicyclic amines) is 1. The van der Waals surface area contributed by atoms with Gasteiger partial charge in [-0.15, -0.1) is 0 Å². The highest BCUT2D eigenvalue weighted by Gasteiger charge is 2.24. The Morgan fingerprint density at radius 1 is 1.25 bits per heavy atom. The van der Waals surface area contributed by atoms with Crippen LogP contribution >= 0.6 is 15.9 Å². The van der Waals surface area contributed by atoms with Crippen LogP contribution in [0.1, 0.15) is 36.5 Å². The Hall–Kier alpha value is -1.36. The summed E-state index contributed by atoms with van der Waals surface area (Å²) in [6.07, 6.45) is 2.17. The first-order valence-electron chi connectivity index (χ1n) is 6.94. The molecule has 0 unspecified atom stereocenters. The minimum absolute atomic E-state index is 0.0674. The van der Waals surface area contributed by atoms with E-state index >= 15 is 0 Å². The molecule has 2 rings (SSSR count). The average Bonchev–Trinajstić information content (AvgIpc) is 2.48. The minimum atomic E-state index is 0.0674. The molecule has 0 bridgehead atoms. The number of nitrogens with one attached hydrogen (secondary N) is 1. The smallest absolute Gasteiger partial charge is 0.253 e. The third kappa shape index (κ3) is 3.82. The van der Waals surface area contributed by atoms with Crippen molar-refractivity contribution in [1.29, 1.82) is 0 Å². The molecule has 1 saturated heterocycles. The van der Waals surface area contributed by atoms with E-state index < -0.39 is 0 Å². The Morgan fingerprint density at radius 3 is 2.40 bits per heavy atom. The highest BCUT2D eigenvalue weighted by molar-refractivity contribution is 9.10. The second-order valence-electron chi connectivity index (χ2n) is 4.99. The third-order valence-corrected chi connectivity index (χ3v) is 4.09. The minimum Gasteiger partial charge on any atom is -0.353 e. The Labute approximate surface area is 127 Å². The number of nitrogens with zero attached hydrogens (tertiary/aromatic N) is 1. The van der Waals surface area contributed by atoms with E-state index in [1.54, 1.807) is 0 Å². The zero-order valence-corrected chi connectivity index (χ0v) is 13.1. The molecular formula is C15H19BrN2O2. The van der Waals surface area contributed by atoms with Crippen LogP contribution in [-0.2, 0) is 4.79 Å². The van der Waals surface area contributed by atoms with E-state index in [0.717, 1.165) is 17.3 Å². The maximum atomic E-state index is 12.3. The lowest BCUT2D eigenvalue weighted by molar-refractivity contribution is -0.121. The van der Waals surface area contributed by atoms with Gasteiger partial charge in [0.2, 0.25) is 5.91 Å². The largest absolute Gasteiger partial charge is 0.353 e. The van der Waals surface area contributed by atoms with Crippen LogP contribution in [0, 0.1) is 0 Å². The summed E-state index contributed by atoms with van der Waals surface area (Å²) in [5.41, 5.74) is 0.712. The van der Waals surface area contributed by atoms with Gasteiger partial charge >= 0.3 is 0 Å². The zero-order chi connectivity index (χ0) is 14.5.